The molecule has 1 aliphatic rings. The highest BCUT2D eigenvalue weighted by Gasteiger charge is 2.31. The molecule has 0 saturated heterocycles. The van der Waals surface area contributed by atoms with Crippen molar-refractivity contribution < 1.29 is 9.53 Å². The van der Waals surface area contributed by atoms with Crippen LogP contribution < -0.4 is 5.56 Å². The van der Waals surface area contributed by atoms with Gasteiger partial charge in [0.15, 0.2) is 0 Å². The van der Waals surface area contributed by atoms with Gasteiger partial charge in [-0.25, -0.2) is 4.98 Å². The van der Waals surface area contributed by atoms with Gasteiger partial charge in [-0.3, -0.25) is 14.2 Å². The number of fused-ring (bicyclic) bond motifs is 3. The fourth-order valence-corrected chi connectivity index (χ4v) is 4.79. The van der Waals surface area contributed by atoms with E-state index in [1.807, 2.05) is 13.8 Å². The van der Waals surface area contributed by atoms with Crippen LogP contribution in [0.5, 0.6) is 0 Å². The number of ether oxygens (including phenoxy) is 1. The molecule has 0 saturated carbocycles. The number of aryl methyl sites for hydroxylation is 1. The Morgan fingerprint density at radius 3 is 2.85 bits per heavy atom. The molecule has 1 aliphatic carbocycles. The molecule has 2 atom stereocenters. The van der Waals surface area contributed by atoms with Gasteiger partial charge in [0.05, 0.1) is 17.8 Å². The fourth-order valence-electron chi connectivity index (χ4n) is 3.54. The molecule has 0 fully saturated rings. The van der Waals surface area contributed by atoms with E-state index in [9.17, 15) is 9.59 Å². The van der Waals surface area contributed by atoms with Gasteiger partial charge in [-0.05, 0) is 49.5 Å². The molecule has 5 nitrogen and oxygen atoms in total. The number of hydrogen-bond acceptors (Lipinski definition) is 5. The van der Waals surface area contributed by atoms with Gasteiger partial charge in [-0.2, -0.15) is 0 Å². The average molecular weight is 377 g/mol. The first-order valence-corrected chi connectivity index (χ1v) is 10.2. The number of thiophene rings is 1. The molecule has 6 heteroatoms. The van der Waals surface area contributed by atoms with Gasteiger partial charge in [0.1, 0.15) is 11.4 Å². The third kappa shape index (κ3) is 3.70. The summed E-state index contributed by atoms with van der Waals surface area (Å²) in [6.07, 6.45) is 5.10. The number of rotatable bonds is 4. The molecular weight excluding hydrogens is 348 g/mol. The van der Waals surface area contributed by atoms with Crippen LogP contribution >= 0.6 is 11.3 Å². The van der Waals surface area contributed by atoms with E-state index in [0.29, 0.717) is 11.3 Å². The SMILES string of the molecule is CC[C@@H](C)OC(=O)Cn1cnc2sc3c(c2c1=O)CC[C@H](C(C)(C)C)C3. The lowest BCUT2D eigenvalue weighted by molar-refractivity contribution is -0.149. The Morgan fingerprint density at radius 1 is 1.46 bits per heavy atom. The molecule has 2 aromatic rings. The summed E-state index contributed by atoms with van der Waals surface area (Å²) in [6, 6.07) is 0. The predicted molar refractivity (Wildman–Crippen MR) is 105 cm³/mol. The fraction of sp³-hybridized carbons (Fsp3) is 0.650. The lowest BCUT2D eigenvalue weighted by Gasteiger charge is -2.33. The van der Waals surface area contributed by atoms with Crippen molar-refractivity contribution in [3.05, 3.63) is 27.1 Å². The second kappa shape index (κ2) is 7.14. The van der Waals surface area contributed by atoms with E-state index in [1.165, 1.54) is 15.8 Å². The van der Waals surface area contributed by atoms with Gasteiger partial charge in [0, 0.05) is 4.88 Å². The molecule has 0 N–H and O–H groups in total. The summed E-state index contributed by atoms with van der Waals surface area (Å²) in [7, 11) is 0. The minimum atomic E-state index is -0.389. The molecular formula is C20H28N2O3S. The molecule has 26 heavy (non-hydrogen) atoms. The molecule has 0 radical (unpaired) electrons. The van der Waals surface area contributed by atoms with Crippen LogP contribution in [0.4, 0.5) is 0 Å². The largest absolute Gasteiger partial charge is 0.461 e. The van der Waals surface area contributed by atoms with Crippen LogP contribution in [-0.2, 0) is 28.9 Å². The summed E-state index contributed by atoms with van der Waals surface area (Å²) in [4.78, 5) is 31.5. The first-order chi connectivity index (χ1) is 12.2. The number of hydrogen-bond donors (Lipinski definition) is 0. The Kier molecular flexibility index (Phi) is 5.24. The monoisotopic (exact) mass is 376 g/mol. The maximum absolute atomic E-state index is 13.0. The van der Waals surface area contributed by atoms with Crippen LogP contribution in [0, 0.1) is 11.3 Å². The van der Waals surface area contributed by atoms with Crippen LogP contribution in [0.15, 0.2) is 11.1 Å². The van der Waals surface area contributed by atoms with Crippen LogP contribution in [0.3, 0.4) is 0 Å². The Hall–Kier alpha value is -1.69. The zero-order valence-electron chi connectivity index (χ0n) is 16.3. The first-order valence-electron chi connectivity index (χ1n) is 9.39. The second-order valence-electron chi connectivity index (χ2n) is 8.38. The Bertz CT molecular complexity index is 876. The van der Waals surface area contributed by atoms with Gasteiger partial charge in [0.25, 0.3) is 5.56 Å². The summed E-state index contributed by atoms with van der Waals surface area (Å²) in [5.74, 6) is 0.232. The van der Waals surface area contributed by atoms with Crippen molar-refractivity contribution in [1.82, 2.24) is 9.55 Å². The third-order valence-electron chi connectivity index (χ3n) is 5.47. The Balaban J connectivity index is 1.91. The zero-order chi connectivity index (χ0) is 19.1. The van der Waals surface area contributed by atoms with Gasteiger partial charge in [-0.1, -0.05) is 27.7 Å². The highest BCUT2D eigenvalue weighted by Crippen LogP contribution is 2.41. The number of aromatic nitrogens is 2. The highest BCUT2D eigenvalue weighted by atomic mass is 32.1. The molecule has 0 spiro atoms. The van der Waals surface area contributed by atoms with E-state index in [0.717, 1.165) is 36.1 Å². The van der Waals surface area contributed by atoms with Crippen LogP contribution in [-0.4, -0.2) is 21.6 Å². The lowest BCUT2D eigenvalue weighted by Crippen LogP contribution is -2.28. The third-order valence-corrected chi connectivity index (χ3v) is 6.63. The van der Waals surface area contributed by atoms with Crippen molar-refractivity contribution in [3.8, 4) is 0 Å². The van der Waals surface area contributed by atoms with Crippen molar-refractivity contribution in [2.24, 2.45) is 11.3 Å². The summed E-state index contributed by atoms with van der Waals surface area (Å²) in [6.45, 7) is 10.6. The van der Waals surface area contributed by atoms with E-state index < -0.39 is 0 Å². The minimum absolute atomic E-state index is 0.0820. The van der Waals surface area contributed by atoms with Gasteiger partial charge >= 0.3 is 5.97 Å². The van der Waals surface area contributed by atoms with Crippen LogP contribution in [0.25, 0.3) is 10.2 Å². The highest BCUT2D eigenvalue weighted by molar-refractivity contribution is 7.18. The van der Waals surface area contributed by atoms with E-state index in [4.69, 9.17) is 4.74 Å². The maximum atomic E-state index is 13.0. The standard InChI is InChI=1S/C20H28N2O3S/c1-6-12(2)25-16(23)10-22-11-21-18-17(19(22)24)14-8-7-13(20(3,4)5)9-15(14)26-18/h11-13H,6-10H2,1-5H3/t12-,13+/m1/s1. The average Bonchev–Trinajstić information content (AvgIpc) is 2.94. The molecule has 2 aromatic heterocycles. The maximum Gasteiger partial charge on any atom is 0.326 e. The van der Waals surface area contributed by atoms with Gasteiger partial charge in [-0.15, -0.1) is 11.3 Å². The molecule has 0 amide bonds. The van der Waals surface area contributed by atoms with Crippen molar-refractivity contribution in [3.63, 3.8) is 0 Å². The molecule has 0 aromatic carbocycles. The summed E-state index contributed by atoms with van der Waals surface area (Å²) < 4.78 is 6.68. The second-order valence-corrected chi connectivity index (χ2v) is 9.46. The Morgan fingerprint density at radius 2 is 2.19 bits per heavy atom. The molecule has 142 valence electrons. The van der Waals surface area contributed by atoms with Crippen molar-refractivity contribution in [2.75, 3.05) is 0 Å². The summed E-state index contributed by atoms with van der Waals surface area (Å²) in [5, 5.41) is 0.705. The number of carbonyl (C=O) groups excluding carboxylic acids is 1. The lowest BCUT2D eigenvalue weighted by atomic mass is 9.72. The zero-order valence-corrected chi connectivity index (χ0v) is 17.1. The van der Waals surface area contributed by atoms with Crippen molar-refractivity contribution in [2.45, 2.75) is 73.0 Å². The predicted octanol–water partition coefficient (Wildman–Crippen LogP) is 3.95. The molecule has 0 bridgehead atoms. The molecule has 0 aliphatic heterocycles. The quantitative estimate of drug-likeness (QED) is 0.758. The summed E-state index contributed by atoms with van der Waals surface area (Å²) in [5.41, 5.74) is 1.29. The normalized spacial score (nSPS) is 18.6. The number of nitrogens with zero attached hydrogens (tertiary/aromatic N) is 2. The van der Waals surface area contributed by atoms with E-state index in [-0.39, 0.29) is 29.6 Å². The van der Waals surface area contributed by atoms with E-state index in [1.54, 1.807) is 11.3 Å². The van der Waals surface area contributed by atoms with E-state index in [2.05, 4.69) is 25.8 Å². The van der Waals surface area contributed by atoms with E-state index >= 15 is 0 Å². The number of carbonyl (C=O) groups is 1. The first kappa shape index (κ1) is 19.1. The minimum Gasteiger partial charge on any atom is -0.461 e. The van der Waals surface area contributed by atoms with Crippen LogP contribution in [0.1, 0.15) is 57.9 Å². The topological polar surface area (TPSA) is 61.2 Å². The smallest absolute Gasteiger partial charge is 0.326 e. The van der Waals surface area contributed by atoms with Gasteiger partial charge in [0.2, 0.25) is 0 Å². The molecule has 0 unspecified atom stereocenters. The van der Waals surface area contributed by atoms with Crippen LogP contribution in [0.2, 0.25) is 0 Å². The van der Waals surface area contributed by atoms with Crippen molar-refractivity contribution in [1.29, 1.82) is 0 Å². The molecule has 3 rings (SSSR count). The number of esters is 1. The summed E-state index contributed by atoms with van der Waals surface area (Å²) >= 11 is 1.63. The Labute approximate surface area is 158 Å². The van der Waals surface area contributed by atoms with Gasteiger partial charge < -0.3 is 4.74 Å². The molecule has 2 heterocycles. The van der Waals surface area contributed by atoms with Crippen molar-refractivity contribution >= 4 is 27.5 Å².